The lowest BCUT2D eigenvalue weighted by Crippen LogP contribution is -2.40. The number of likely N-dealkylation sites (tertiary alicyclic amines) is 1. The summed E-state index contributed by atoms with van der Waals surface area (Å²) in [6.07, 6.45) is 2.80. The molecule has 3 heteroatoms. The molecule has 1 saturated heterocycles. The van der Waals surface area contributed by atoms with Crippen molar-refractivity contribution < 1.29 is 4.79 Å². The number of benzene rings is 1. The Morgan fingerprint density at radius 3 is 2.78 bits per heavy atom. The van der Waals surface area contributed by atoms with Crippen molar-refractivity contribution in [2.45, 2.75) is 32.2 Å². The zero-order chi connectivity index (χ0) is 12.8. The molecule has 1 aromatic carbocycles. The summed E-state index contributed by atoms with van der Waals surface area (Å²) in [4.78, 5) is 13.5. The molecule has 0 radical (unpaired) electrons. The van der Waals surface area contributed by atoms with Crippen LogP contribution < -0.4 is 5.32 Å². The number of hydrogen-bond donors (Lipinski definition) is 1. The number of nitrogens with one attached hydrogen (secondary N) is 1. The normalized spacial score (nSPS) is 17.2. The molecule has 1 unspecified atom stereocenters. The van der Waals surface area contributed by atoms with Crippen LogP contribution in [-0.4, -0.2) is 36.5 Å². The third kappa shape index (κ3) is 3.84. The van der Waals surface area contributed by atoms with E-state index < -0.39 is 0 Å². The second-order valence-corrected chi connectivity index (χ2v) is 5.03. The predicted octanol–water partition coefficient (Wildman–Crippen LogP) is 1.83. The molecule has 1 aromatic rings. The van der Waals surface area contributed by atoms with Gasteiger partial charge in [-0.05, 0) is 31.9 Å². The van der Waals surface area contributed by atoms with Gasteiger partial charge in [0.25, 0.3) is 0 Å². The smallest absolute Gasteiger partial charge is 0.222 e. The van der Waals surface area contributed by atoms with Gasteiger partial charge in [0, 0.05) is 25.6 Å². The molecule has 1 N–H and O–H groups in total. The van der Waals surface area contributed by atoms with Crippen LogP contribution in [0.4, 0.5) is 0 Å². The molecule has 2 rings (SSSR count). The summed E-state index contributed by atoms with van der Waals surface area (Å²) >= 11 is 0. The van der Waals surface area contributed by atoms with E-state index in [0.29, 0.717) is 11.9 Å². The number of carbonyl (C=O) groups excluding carboxylic acids is 1. The first-order chi connectivity index (χ1) is 8.75. The summed E-state index contributed by atoms with van der Waals surface area (Å²) in [6, 6.07) is 10.9. The van der Waals surface area contributed by atoms with Crippen molar-refractivity contribution in [2.24, 2.45) is 0 Å². The van der Waals surface area contributed by atoms with Gasteiger partial charge < -0.3 is 10.2 Å². The van der Waals surface area contributed by atoms with Crippen molar-refractivity contribution in [2.75, 3.05) is 19.6 Å². The Morgan fingerprint density at radius 2 is 2.11 bits per heavy atom. The standard InChI is InChI=1S/C15H22N2O/c1-13(12-17-11-5-8-15(17)18)16-10-9-14-6-3-2-4-7-14/h2-4,6-7,13,16H,5,8-12H2,1H3. The number of carbonyl (C=O) groups is 1. The lowest BCUT2D eigenvalue weighted by atomic mass is 10.1. The fourth-order valence-electron chi connectivity index (χ4n) is 2.40. The van der Waals surface area contributed by atoms with Crippen molar-refractivity contribution in [1.29, 1.82) is 0 Å². The molecule has 3 nitrogen and oxygen atoms in total. The number of rotatable bonds is 6. The minimum absolute atomic E-state index is 0.312. The van der Waals surface area contributed by atoms with Crippen molar-refractivity contribution in [1.82, 2.24) is 10.2 Å². The highest BCUT2D eigenvalue weighted by atomic mass is 16.2. The minimum Gasteiger partial charge on any atom is -0.341 e. The lowest BCUT2D eigenvalue weighted by molar-refractivity contribution is -0.127. The van der Waals surface area contributed by atoms with Gasteiger partial charge in [-0.3, -0.25) is 4.79 Å². The van der Waals surface area contributed by atoms with Gasteiger partial charge in [-0.1, -0.05) is 30.3 Å². The van der Waals surface area contributed by atoms with Crippen LogP contribution in [0.2, 0.25) is 0 Å². The lowest BCUT2D eigenvalue weighted by Gasteiger charge is -2.21. The third-order valence-corrected chi connectivity index (χ3v) is 3.41. The molecule has 98 valence electrons. The maximum Gasteiger partial charge on any atom is 0.222 e. The summed E-state index contributed by atoms with van der Waals surface area (Å²) in [5.41, 5.74) is 1.36. The Morgan fingerprint density at radius 1 is 1.33 bits per heavy atom. The average Bonchev–Trinajstić information content (AvgIpc) is 2.76. The van der Waals surface area contributed by atoms with Crippen molar-refractivity contribution in [3.05, 3.63) is 35.9 Å². The van der Waals surface area contributed by atoms with Gasteiger partial charge in [0.15, 0.2) is 0 Å². The largest absolute Gasteiger partial charge is 0.341 e. The molecule has 1 heterocycles. The molecular weight excluding hydrogens is 224 g/mol. The fraction of sp³-hybridized carbons (Fsp3) is 0.533. The summed E-state index contributed by atoms with van der Waals surface area (Å²) in [7, 11) is 0. The van der Waals surface area contributed by atoms with Crippen LogP contribution in [0.5, 0.6) is 0 Å². The highest BCUT2D eigenvalue weighted by Crippen LogP contribution is 2.09. The van der Waals surface area contributed by atoms with E-state index in [9.17, 15) is 4.79 Å². The van der Waals surface area contributed by atoms with Crippen LogP contribution in [0, 0.1) is 0 Å². The molecule has 1 atom stereocenters. The Labute approximate surface area is 109 Å². The summed E-state index contributed by atoms with van der Waals surface area (Å²) in [5, 5.41) is 3.48. The van der Waals surface area contributed by atoms with E-state index in [1.165, 1.54) is 5.56 Å². The van der Waals surface area contributed by atoms with Gasteiger partial charge in [0.1, 0.15) is 0 Å². The topological polar surface area (TPSA) is 32.3 Å². The van der Waals surface area contributed by atoms with Crippen LogP contribution in [0.1, 0.15) is 25.3 Å². The molecule has 0 aliphatic carbocycles. The molecule has 0 bridgehead atoms. The maximum atomic E-state index is 11.5. The van der Waals surface area contributed by atoms with Crippen LogP contribution >= 0.6 is 0 Å². The van der Waals surface area contributed by atoms with E-state index in [2.05, 4.69) is 36.5 Å². The molecule has 0 aromatic heterocycles. The second-order valence-electron chi connectivity index (χ2n) is 5.03. The molecule has 18 heavy (non-hydrogen) atoms. The summed E-state index contributed by atoms with van der Waals surface area (Å²) in [6.45, 7) is 4.89. The first kappa shape index (κ1) is 13.1. The van der Waals surface area contributed by atoms with Crippen molar-refractivity contribution in [3.8, 4) is 0 Å². The minimum atomic E-state index is 0.312. The Balaban J connectivity index is 1.66. The molecule has 1 fully saturated rings. The summed E-state index contributed by atoms with van der Waals surface area (Å²) < 4.78 is 0. The Bertz CT molecular complexity index is 377. The first-order valence-corrected chi connectivity index (χ1v) is 6.81. The third-order valence-electron chi connectivity index (χ3n) is 3.41. The van der Waals surface area contributed by atoms with Crippen LogP contribution in [0.15, 0.2) is 30.3 Å². The maximum absolute atomic E-state index is 11.5. The van der Waals surface area contributed by atoms with Crippen LogP contribution in [0.3, 0.4) is 0 Å². The highest BCUT2D eigenvalue weighted by Gasteiger charge is 2.21. The first-order valence-electron chi connectivity index (χ1n) is 6.81. The molecule has 1 aliphatic heterocycles. The van der Waals surface area contributed by atoms with Crippen LogP contribution in [0.25, 0.3) is 0 Å². The van der Waals surface area contributed by atoms with E-state index >= 15 is 0 Å². The molecule has 1 amide bonds. The van der Waals surface area contributed by atoms with Gasteiger partial charge in [-0.15, -0.1) is 0 Å². The molecule has 0 spiro atoms. The Kier molecular flexibility index (Phi) is 4.76. The zero-order valence-corrected chi connectivity index (χ0v) is 11.1. The highest BCUT2D eigenvalue weighted by molar-refractivity contribution is 5.78. The monoisotopic (exact) mass is 246 g/mol. The zero-order valence-electron chi connectivity index (χ0n) is 11.1. The predicted molar refractivity (Wildman–Crippen MR) is 73.4 cm³/mol. The SMILES string of the molecule is CC(CN1CCCC1=O)NCCc1ccccc1. The van der Waals surface area contributed by atoms with Gasteiger partial charge in [0.05, 0.1) is 0 Å². The van der Waals surface area contributed by atoms with Crippen LogP contribution in [-0.2, 0) is 11.2 Å². The van der Waals surface area contributed by atoms with E-state index in [0.717, 1.165) is 38.9 Å². The molecule has 1 aliphatic rings. The second kappa shape index (κ2) is 6.55. The van der Waals surface area contributed by atoms with E-state index in [1.807, 2.05) is 11.0 Å². The quantitative estimate of drug-likeness (QED) is 0.830. The fourth-order valence-corrected chi connectivity index (χ4v) is 2.40. The number of amides is 1. The van der Waals surface area contributed by atoms with Gasteiger partial charge in [-0.2, -0.15) is 0 Å². The van der Waals surface area contributed by atoms with E-state index in [1.54, 1.807) is 0 Å². The molecule has 0 saturated carbocycles. The molecular formula is C15H22N2O. The van der Waals surface area contributed by atoms with E-state index in [-0.39, 0.29) is 0 Å². The average molecular weight is 246 g/mol. The van der Waals surface area contributed by atoms with Crippen molar-refractivity contribution in [3.63, 3.8) is 0 Å². The van der Waals surface area contributed by atoms with Gasteiger partial charge in [-0.25, -0.2) is 0 Å². The number of nitrogens with zero attached hydrogens (tertiary/aromatic N) is 1. The van der Waals surface area contributed by atoms with Gasteiger partial charge in [0.2, 0.25) is 5.91 Å². The van der Waals surface area contributed by atoms with Gasteiger partial charge >= 0.3 is 0 Å². The van der Waals surface area contributed by atoms with Crippen molar-refractivity contribution >= 4 is 5.91 Å². The van der Waals surface area contributed by atoms with E-state index in [4.69, 9.17) is 0 Å². The summed E-state index contributed by atoms with van der Waals surface area (Å²) in [5.74, 6) is 0.312. The number of hydrogen-bond acceptors (Lipinski definition) is 2. The Hall–Kier alpha value is -1.35.